The Labute approximate surface area is 124 Å². The molecule has 0 amide bonds. The van der Waals surface area contributed by atoms with E-state index < -0.39 is 0 Å². The number of hydrogen-bond donors (Lipinski definition) is 0. The zero-order chi connectivity index (χ0) is 0. The molecule has 0 aliphatic rings. The Kier molecular flexibility index (Phi) is 95.7. The molecule has 0 saturated heterocycles. The molecule has 0 saturated carbocycles. The predicted molar refractivity (Wildman–Crippen MR) is 17.1 cm³/mol. The molecule has 0 rings (SSSR count). The molecule has 1 radical (unpaired) electrons. The van der Waals surface area contributed by atoms with Crippen LogP contribution in [-0.2, 0) is 33.8 Å². The average molecular weight is 344 g/mol. The van der Waals surface area contributed by atoms with Crippen molar-refractivity contribution in [2.45, 2.75) is 0 Å². The van der Waals surface area contributed by atoms with E-state index in [4.69, 9.17) is 0 Å². The second-order valence-corrected chi connectivity index (χ2v) is 0. The Morgan fingerprint density at radius 2 is 1.00 bits per heavy atom. The Balaban J connectivity index is 0. The summed E-state index contributed by atoms with van der Waals surface area (Å²) in [6.45, 7) is 0. The summed E-state index contributed by atoms with van der Waals surface area (Å²) >= 11 is 0. The van der Waals surface area contributed by atoms with Crippen molar-refractivity contribution in [1.29, 1.82) is 0 Å². The third-order valence-electron chi connectivity index (χ3n) is 0. The van der Waals surface area contributed by atoms with Crippen molar-refractivity contribution in [3.63, 3.8) is 0 Å². The molecule has 4 heavy (non-hydrogen) atoms. The van der Waals surface area contributed by atoms with Crippen LogP contribution in [0.5, 0.6) is 0 Å². The second kappa shape index (κ2) is 15.7. The fourth-order valence-corrected chi connectivity index (χ4v) is 0. The van der Waals surface area contributed by atoms with E-state index in [9.17, 15) is 0 Å². The molecule has 0 aliphatic heterocycles. The molecule has 4 heteroatoms. The van der Waals surface area contributed by atoms with Gasteiger partial charge in [-0.1, -0.05) is 0 Å². The molecule has 0 bridgehead atoms. The SMILES string of the molecule is [BaH2].[Co].[Fe].[SrH2]. The van der Waals surface area contributed by atoms with Crippen molar-refractivity contribution < 1.29 is 33.8 Å². The third-order valence-corrected chi connectivity index (χ3v) is 0. The van der Waals surface area contributed by atoms with Gasteiger partial charge in [-0.2, -0.15) is 0 Å². The van der Waals surface area contributed by atoms with Crippen LogP contribution >= 0.6 is 0 Å². The van der Waals surface area contributed by atoms with Crippen molar-refractivity contribution in [1.82, 2.24) is 0 Å². The molecule has 0 aromatic carbocycles. The van der Waals surface area contributed by atoms with Gasteiger partial charge in [0.15, 0.2) is 0 Å². The van der Waals surface area contributed by atoms with Crippen molar-refractivity contribution in [3.8, 4) is 0 Å². The summed E-state index contributed by atoms with van der Waals surface area (Å²) in [5.74, 6) is 0. The van der Waals surface area contributed by atoms with E-state index >= 15 is 0 Å². The predicted octanol–water partition coefficient (Wildman–Crippen LogP) is -1.84. The first-order valence-corrected chi connectivity index (χ1v) is 0. The van der Waals surface area contributed by atoms with Crippen molar-refractivity contribution in [3.05, 3.63) is 0 Å². The monoisotopic (exact) mass is 345 g/mol. The van der Waals surface area contributed by atoms with E-state index in [1.807, 2.05) is 0 Å². The minimum absolute atomic E-state index is 0. The van der Waals surface area contributed by atoms with Crippen molar-refractivity contribution in [2.24, 2.45) is 0 Å². The Hall–Kier alpha value is 4.08. The first kappa shape index (κ1) is 24.3. The van der Waals surface area contributed by atoms with Crippen LogP contribution in [0, 0.1) is 0 Å². The molecular formula is H4BaCoFeSr. The summed E-state index contributed by atoms with van der Waals surface area (Å²) in [5.41, 5.74) is 0. The molecule has 0 aromatic heterocycles. The topological polar surface area (TPSA) is 0 Å². The van der Waals surface area contributed by atoms with Gasteiger partial charge in [0, 0.05) is 33.8 Å². The summed E-state index contributed by atoms with van der Waals surface area (Å²) in [4.78, 5) is 0. The normalized spacial score (nSPS) is 0. The molecule has 0 aromatic rings. The zero-order valence-electron chi connectivity index (χ0n) is 0.687. The van der Waals surface area contributed by atoms with Crippen LogP contribution in [0.15, 0.2) is 0 Å². The molecule has 0 atom stereocenters. The molecule has 0 heterocycles. The Morgan fingerprint density at radius 3 is 1.00 bits per heavy atom. The van der Waals surface area contributed by atoms with Gasteiger partial charge in [-0.3, -0.25) is 0 Å². The number of rotatable bonds is 0. The zero-order valence-corrected chi connectivity index (χ0v) is 2.83. The fourth-order valence-electron chi connectivity index (χ4n) is 0. The summed E-state index contributed by atoms with van der Waals surface area (Å²) in [5, 5.41) is 0. The quantitative estimate of drug-likeness (QED) is 0.454. The molecule has 0 nitrogen and oxygen atoms in total. The van der Waals surface area contributed by atoms with Gasteiger partial charge < -0.3 is 0 Å². The molecular weight excluding hydrogens is 340 g/mol. The van der Waals surface area contributed by atoms with Gasteiger partial charge in [-0.15, -0.1) is 0 Å². The molecule has 0 aliphatic carbocycles. The maximum atomic E-state index is 0. The Bertz CT molecular complexity index is 8.00. The van der Waals surface area contributed by atoms with Gasteiger partial charge in [-0.25, -0.2) is 0 Å². The van der Waals surface area contributed by atoms with Gasteiger partial charge >= 0.3 is 94.4 Å². The standard InChI is InChI=1S/Ba.Co.Fe.Sr.4H. The van der Waals surface area contributed by atoms with E-state index in [1.165, 1.54) is 0 Å². The van der Waals surface area contributed by atoms with E-state index in [0.717, 1.165) is 0 Å². The van der Waals surface area contributed by atoms with Crippen LogP contribution in [0.1, 0.15) is 0 Å². The molecule has 0 N–H and O–H groups in total. The average Bonchev–Trinajstić information content (AvgIpc) is 0. The van der Waals surface area contributed by atoms with Gasteiger partial charge in [0.1, 0.15) is 0 Å². The van der Waals surface area contributed by atoms with E-state index in [1.54, 1.807) is 0 Å². The van der Waals surface area contributed by atoms with Crippen LogP contribution < -0.4 is 0 Å². The summed E-state index contributed by atoms with van der Waals surface area (Å²) < 4.78 is 0. The van der Waals surface area contributed by atoms with E-state index in [-0.39, 0.29) is 128 Å². The van der Waals surface area contributed by atoms with Gasteiger partial charge in [0.25, 0.3) is 0 Å². The Morgan fingerprint density at radius 1 is 1.00 bits per heavy atom. The summed E-state index contributed by atoms with van der Waals surface area (Å²) in [6, 6.07) is 0. The summed E-state index contributed by atoms with van der Waals surface area (Å²) in [7, 11) is 0. The van der Waals surface area contributed by atoms with E-state index in [2.05, 4.69) is 0 Å². The first-order valence-electron chi connectivity index (χ1n) is 0. The van der Waals surface area contributed by atoms with Gasteiger partial charge in [0.05, 0.1) is 0 Å². The van der Waals surface area contributed by atoms with Gasteiger partial charge in [0.2, 0.25) is 0 Å². The van der Waals surface area contributed by atoms with Crippen LogP contribution in [0.4, 0.5) is 0 Å². The number of hydrogen-bond acceptors (Lipinski definition) is 0. The molecule has 0 fully saturated rings. The van der Waals surface area contributed by atoms with Crippen LogP contribution in [-0.4, -0.2) is 94.4 Å². The first-order chi connectivity index (χ1) is 0. The van der Waals surface area contributed by atoms with Gasteiger partial charge in [-0.05, 0) is 0 Å². The molecule has 25 valence electrons. The minimum atomic E-state index is 0. The molecule has 0 unspecified atom stereocenters. The van der Waals surface area contributed by atoms with Crippen LogP contribution in [0.3, 0.4) is 0 Å². The fraction of sp³-hybridized carbons (Fsp3) is 0. The summed E-state index contributed by atoms with van der Waals surface area (Å²) in [6.07, 6.45) is 0. The van der Waals surface area contributed by atoms with Crippen molar-refractivity contribution >= 4 is 94.4 Å². The maximum absolute atomic E-state index is 0. The van der Waals surface area contributed by atoms with Crippen LogP contribution in [0.25, 0.3) is 0 Å². The third kappa shape index (κ3) is 9.42. The van der Waals surface area contributed by atoms with Crippen LogP contribution in [0.2, 0.25) is 0 Å². The van der Waals surface area contributed by atoms with E-state index in [0.29, 0.717) is 0 Å². The van der Waals surface area contributed by atoms with Crippen molar-refractivity contribution in [2.75, 3.05) is 0 Å². The molecule has 0 spiro atoms. The second-order valence-electron chi connectivity index (χ2n) is 0.